The van der Waals surface area contributed by atoms with E-state index in [0.29, 0.717) is 0 Å². The molecule has 1 fully saturated rings. The molecule has 0 N–H and O–H groups in total. The molecule has 0 bridgehead atoms. The van der Waals surface area contributed by atoms with Crippen LogP contribution in [0.1, 0.15) is 39.5 Å². The fourth-order valence-corrected chi connectivity index (χ4v) is 3.04. The lowest BCUT2D eigenvalue weighted by molar-refractivity contribution is 0.221. The summed E-state index contributed by atoms with van der Waals surface area (Å²) in [6.07, 6.45) is 5.70. The van der Waals surface area contributed by atoms with Gasteiger partial charge in [0.2, 0.25) is 0 Å². The minimum Gasteiger partial charge on any atom is -0.303 e. The number of rotatable bonds is 4. The lowest BCUT2D eigenvalue weighted by Gasteiger charge is -2.27. The Morgan fingerprint density at radius 2 is 1.64 bits per heavy atom. The zero-order valence-corrected chi connectivity index (χ0v) is 11.2. The van der Waals surface area contributed by atoms with Crippen molar-refractivity contribution in [1.82, 2.24) is 4.90 Å². The highest BCUT2D eigenvalue weighted by atomic mass is 79.9. The van der Waals surface area contributed by atoms with Gasteiger partial charge in [-0.25, -0.2) is 0 Å². The molecule has 14 heavy (non-hydrogen) atoms. The normalized spacial score (nSPS) is 22.3. The average Bonchev–Trinajstić information content (AvgIpc) is 2.41. The maximum absolute atomic E-state index is 3.64. The summed E-state index contributed by atoms with van der Waals surface area (Å²) in [6.45, 7) is 8.63. The molecule has 84 valence electrons. The average molecular weight is 262 g/mol. The Bertz CT molecular complexity index is 139. The van der Waals surface area contributed by atoms with Crippen molar-refractivity contribution < 1.29 is 0 Å². The number of nitrogens with zero attached hydrogens (tertiary/aromatic N) is 1. The van der Waals surface area contributed by atoms with Crippen LogP contribution in [-0.4, -0.2) is 29.9 Å². The Balaban J connectivity index is 2.32. The van der Waals surface area contributed by atoms with E-state index in [4.69, 9.17) is 0 Å². The number of halogens is 1. The molecule has 2 heteroatoms. The molecular weight excluding hydrogens is 238 g/mol. The van der Waals surface area contributed by atoms with Gasteiger partial charge in [0.25, 0.3) is 0 Å². The number of hydrogen-bond acceptors (Lipinski definition) is 1. The number of hydrogen-bond donors (Lipinski definition) is 0. The quantitative estimate of drug-likeness (QED) is 0.700. The largest absolute Gasteiger partial charge is 0.303 e. The van der Waals surface area contributed by atoms with E-state index in [9.17, 15) is 0 Å². The number of alkyl halides is 1. The highest BCUT2D eigenvalue weighted by Gasteiger charge is 2.17. The van der Waals surface area contributed by atoms with Gasteiger partial charge in [-0.2, -0.15) is 0 Å². The minimum atomic E-state index is 0.803. The fourth-order valence-electron chi connectivity index (χ4n) is 2.09. The lowest BCUT2D eigenvalue weighted by Crippen LogP contribution is -2.33. The molecule has 1 rings (SSSR count). The summed E-state index contributed by atoms with van der Waals surface area (Å²) in [6, 6.07) is 0. The van der Waals surface area contributed by atoms with E-state index in [1.165, 1.54) is 45.3 Å². The summed E-state index contributed by atoms with van der Waals surface area (Å²) in [7, 11) is 0. The van der Waals surface area contributed by atoms with E-state index in [2.05, 4.69) is 34.7 Å². The molecule has 0 aromatic carbocycles. The molecular formula is C12H24BrN. The predicted molar refractivity (Wildman–Crippen MR) is 67.0 cm³/mol. The van der Waals surface area contributed by atoms with Crippen LogP contribution >= 0.6 is 15.9 Å². The Labute approximate surface area is 97.4 Å². The van der Waals surface area contributed by atoms with Gasteiger partial charge >= 0.3 is 0 Å². The van der Waals surface area contributed by atoms with Crippen molar-refractivity contribution >= 4 is 15.9 Å². The highest BCUT2D eigenvalue weighted by Crippen LogP contribution is 2.18. The second-order valence-corrected chi connectivity index (χ2v) is 5.52. The van der Waals surface area contributed by atoms with Crippen molar-refractivity contribution in [1.29, 1.82) is 0 Å². The molecule has 0 amide bonds. The zero-order valence-electron chi connectivity index (χ0n) is 9.64. The maximum Gasteiger partial charge on any atom is 0.00743 e. The smallest absolute Gasteiger partial charge is 0.00743 e. The predicted octanol–water partition coefficient (Wildman–Crippen LogP) is 3.53. The molecule has 1 aliphatic rings. The first-order chi connectivity index (χ1) is 6.74. The van der Waals surface area contributed by atoms with Gasteiger partial charge in [-0.3, -0.25) is 0 Å². The summed E-state index contributed by atoms with van der Waals surface area (Å²) < 4.78 is 0. The molecule has 0 saturated carbocycles. The van der Waals surface area contributed by atoms with Crippen LogP contribution in [0.3, 0.4) is 0 Å². The maximum atomic E-state index is 3.64. The molecule has 0 radical (unpaired) electrons. The van der Waals surface area contributed by atoms with Crippen molar-refractivity contribution in [2.75, 3.05) is 25.0 Å². The van der Waals surface area contributed by atoms with E-state index in [1.54, 1.807) is 0 Å². The molecule has 1 unspecified atom stereocenters. The molecule has 0 aliphatic carbocycles. The molecule has 1 aliphatic heterocycles. The molecule has 1 heterocycles. The molecule has 0 aromatic heterocycles. The highest BCUT2D eigenvalue weighted by molar-refractivity contribution is 9.09. The molecule has 1 saturated heterocycles. The Morgan fingerprint density at radius 3 is 2.07 bits per heavy atom. The van der Waals surface area contributed by atoms with Gasteiger partial charge in [-0.1, -0.05) is 42.6 Å². The lowest BCUT2D eigenvalue weighted by atomic mass is 9.97. The van der Waals surface area contributed by atoms with Gasteiger partial charge in [0.1, 0.15) is 0 Å². The van der Waals surface area contributed by atoms with Crippen LogP contribution in [0, 0.1) is 11.8 Å². The van der Waals surface area contributed by atoms with Crippen molar-refractivity contribution in [3.05, 3.63) is 0 Å². The van der Waals surface area contributed by atoms with Crippen LogP contribution in [0.5, 0.6) is 0 Å². The minimum absolute atomic E-state index is 0.803. The van der Waals surface area contributed by atoms with Crippen molar-refractivity contribution in [2.24, 2.45) is 11.8 Å². The summed E-state index contributed by atoms with van der Waals surface area (Å²) in [5, 5.41) is 1.15. The van der Waals surface area contributed by atoms with E-state index in [-0.39, 0.29) is 0 Å². The van der Waals surface area contributed by atoms with Gasteiger partial charge in [-0.15, -0.1) is 0 Å². The van der Waals surface area contributed by atoms with Gasteiger partial charge in [-0.05, 0) is 37.8 Å². The third kappa shape index (κ3) is 4.31. The van der Waals surface area contributed by atoms with Crippen molar-refractivity contribution in [3.8, 4) is 0 Å². The first kappa shape index (κ1) is 12.5. The van der Waals surface area contributed by atoms with Crippen LogP contribution in [-0.2, 0) is 0 Å². The van der Waals surface area contributed by atoms with Crippen LogP contribution in [0.15, 0.2) is 0 Å². The Kier molecular flexibility index (Phi) is 6.11. The molecule has 1 nitrogen and oxygen atoms in total. The van der Waals surface area contributed by atoms with Crippen LogP contribution in [0.2, 0.25) is 0 Å². The van der Waals surface area contributed by atoms with Gasteiger partial charge in [0, 0.05) is 11.9 Å². The van der Waals surface area contributed by atoms with Crippen LogP contribution in [0.4, 0.5) is 0 Å². The second kappa shape index (κ2) is 6.84. The van der Waals surface area contributed by atoms with Gasteiger partial charge < -0.3 is 4.90 Å². The first-order valence-electron chi connectivity index (χ1n) is 6.02. The fraction of sp³-hybridized carbons (Fsp3) is 1.00. The van der Waals surface area contributed by atoms with E-state index < -0.39 is 0 Å². The third-order valence-electron chi connectivity index (χ3n) is 3.33. The summed E-state index contributed by atoms with van der Waals surface area (Å²) in [5.41, 5.74) is 0. The van der Waals surface area contributed by atoms with E-state index in [0.717, 1.165) is 17.2 Å². The molecule has 0 aromatic rings. The SMILES string of the molecule is CC(C)C(CBr)CN1CCCCCC1. The Morgan fingerprint density at radius 1 is 1.07 bits per heavy atom. The molecule has 0 spiro atoms. The summed E-state index contributed by atoms with van der Waals surface area (Å²) in [4.78, 5) is 2.67. The summed E-state index contributed by atoms with van der Waals surface area (Å²) in [5.74, 6) is 1.63. The van der Waals surface area contributed by atoms with Crippen molar-refractivity contribution in [3.63, 3.8) is 0 Å². The third-order valence-corrected chi connectivity index (χ3v) is 4.16. The Hall–Kier alpha value is 0.440. The summed E-state index contributed by atoms with van der Waals surface area (Å²) >= 11 is 3.64. The van der Waals surface area contributed by atoms with Crippen LogP contribution in [0.25, 0.3) is 0 Å². The van der Waals surface area contributed by atoms with E-state index >= 15 is 0 Å². The second-order valence-electron chi connectivity index (χ2n) is 4.87. The van der Waals surface area contributed by atoms with Gasteiger partial charge in [0.15, 0.2) is 0 Å². The van der Waals surface area contributed by atoms with Crippen molar-refractivity contribution in [2.45, 2.75) is 39.5 Å². The zero-order chi connectivity index (χ0) is 10.4. The number of likely N-dealkylation sites (tertiary alicyclic amines) is 1. The monoisotopic (exact) mass is 261 g/mol. The van der Waals surface area contributed by atoms with Crippen LogP contribution < -0.4 is 0 Å². The van der Waals surface area contributed by atoms with E-state index in [1.807, 2.05) is 0 Å². The molecule has 1 atom stereocenters. The standard InChI is InChI=1S/C12H24BrN/c1-11(2)12(9-13)10-14-7-5-3-4-6-8-14/h11-12H,3-10H2,1-2H3. The van der Waals surface area contributed by atoms with Gasteiger partial charge in [0.05, 0.1) is 0 Å². The topological polar surface area (TPSA) is 3.24 Å². The first-order valence-corrected chi connectivity index (χ1v) is 7.14.